The Balaban J connectivity index is 2.34. The van der Waals surface area contributed by atoms with Gasteiger partial charge in [-0.15, -0.1) is 0 Å². The van der Waals surface area contributed by atoms with E-state index in [1.807, 2.05) is 0 Å². The molecule has 0 bridgehead atoms. The molecule has 5 nitrogen and oxygen atoms in total. The van der Waals surface area contributed by atoms with Crippen LogP contribution in [0, 0.1) is 5.82 Å². The van der Waals surface area contributed by atoms with Crippen LogP contribution in [-0.4, -0.2) is 32.8 Å². The van der Waals surface area contributed by atoms with Crippen molar-refractivity contribution >= 4 is 11.6 Å². The van der Waals surface area contributed by atoms with E-state index in [2.05, 4.69) is 5.32 Å². The number of methoxy groups -OCH3 is 1. The lowest BCUT2D eigenvalue weighted by molar-refractivity contribution is -0.123. The largest absolute Gasteiger partial charge is 0.479 e. The number of anilines is 1. The summed E-state index contributed by atoms with van der Waals surface area (Å²) in [5, 5.41) is 2.62. The Morgan fingerprint density at radius 1 is 1.50 bits per heavy atom. The first-order chi connectivity index (χ1) is 8.65. The van der Waals surface area contributed by atoms with Gasteiger partial charge in [0, 0.05) is 20.3 Å². The molecule has 0 aliphatic heterocycles. The highest BCUT2D eigenvalue weighted by Crippen LogP contribution is 2.24. The highest BCUT2D eigenvalue weighted by molar-refractivity contribution is 5.77. The third kappa shape index (κ3) is 4.58. The Morgan fingerprint density at radius 3 is 2.94 bits per heavy atom. The number of carbonyl (C=O) groups is 1. The van der Waals surface area contributed by atoms with Crippen molar-refractivity contribution in [3.05, 3.63) is 24.0 Å². The van der Waals surface area contributed by atoms with Crippen LogP contribution in [0.1, 0.15) is 6.42 Å². The van der Waals surface area contributed by atoms with Crippen LogP contribution in [0.2, 0.25) is 0 Å². The molecule has 0 fully saturated rings. The van der Waals surface area contributed by atoms with Gasteiger partial charge in [-0.05, 0) is 18.6 Å². The second-order valence-electron chi connectivity index (χ2n) is 3.64. The molecule has 0 radical (unpaired) electrons. The van der Waals surface area contributed by atoms with E-state index in [1.54, 1.807) is 7.11 Å². The molecule has 1 amide bonds. The molecule has 0 spiro atoms. The molecule has 1 aromatic rings. The summed E-state index contributed by atoms with van der Waals surface area (Å²) in [5.41, 5.74) is 5.70. The minimum atomic E-state index is -0.581. The first-order valence-corrected chi connectivity index (χ1v) is 5.57. The molecule has 1 rings (SSSR count). The molecular weight excluding hydrogens is 239 g/mol. The highest BCUT2D eigenvalue weighted by Gasteiger charge is 2.09. The van der Waals surface area contributed by atoms with E-state index in [0.717, 1.165) is 0 Å². The number of nitrogens with two attached hydrogens (primary N) is 1. The van der Waals surface area contributed by atoms with Crippen LogP contribution in [0.3, 0.4) is 0 Å². The Morgan fingerprint density at radius 2 is 2.28 bits per heavy atom. The number of nitrogen functional groups attached to an aromatic ring is 1. The fourth-order valence-corrected chi connectivity index (χ4v) is 1.31. The Bertz CT molecular complexity index is 379. The summed E-state index contributed by atoms with van der Waals surface area (Å²) in [4.78, 5) is 11.4. The Kier molecular flexibility index (Phi) is 5.93. The first kappa shape index (κ1) is 14.2. The van der Waals surface area contributed by atoms with Crippen molar-refractivity contribution < 1.29 is 18.7 Å². The number of amides is 1. The van der Waals surface area contributed by atoms with Crippen molar-refractivity contribution in [2.24, 2.45) is 0 Å². The summed E-state index contributed by atoms with van der Waals surface area (Å²) < 4.78 is 23.2. The molecule has 0 aromatic heterocycles. The fraction of sp³-hybridized carbons (Fsp3) is 0.417. The average molecular weight is 256 g/mol. The number of benzene rings is 1. The third-order valence-electron chi connectivity index (χ3n) is 2.19. The lowest BCUT2D eigenvalue weighted by Crippen LogP contribution is -2.30. The van der Waals surface area contributed by atoms with E-state index in [-0.39, 0.29) is 24.0 Å². The number of hydrogen-bond donors (Lipinski definition) is 2. The first-order valence-electron chi connectivity index (χ1n) is 5.57. The molecule has 0 atom stereocenters. The van der Waals surface area contributed by atoms with Crippen molar-refractivity contribution in [1.29, 1.82) is 0 Å². The molecule has 18 heavy (non-hydrogen) atoms. The van der Waals surface area contributed by atoms with Gasteiger partial charge in [-0.3, -0.25) is 4.79 Å². The summed E-state index contributed by atoms with van der Waals surface area (Å²) >= 11 is 0. The third-order valence-corrected chi connectivity index (χ3v) is 2.19. The van der Waals surface area contributed by atoms with Crippen molar-refractivity contribution in [2.45, 2.75) is 6.42 Å². The van der Waals surface area contributed by atoms with Crippen molar-refractivity contribution in [3.8, 4) is 5.75 Å². The molecular formula is C12H17FN2O3. The SMILES string of the molecule is COCCCNC(=O)COc1c(N)cccc1F. The maximum atomic E-state index is 13.3. The van der Waals surface area contributed by atoms with Crippen LogP contribution in [0.5, 0.6) is 5.75 Å². The molecule has 6 heteroatoms. The normalized spacial score (nSPS) is 10.1. The zero-order valence-electron chi connectivity index (χ0n) is 10.2. The van der Waals surface area contributed by atoms with Crippen LogP contribution < -0.4 is 15.8 Å². The molecule has 0 aliphatic carbocycles. The zero-order chi connectivity index (χ0) is 13.4. The molecule has 3 N–H and O–H groups in total. The standard InChI is InChI=1S/C12H17FN2O3/c1-17-7-3-6-15-11(16)8-18-12-9(13)4-2-5-10(12)14/h2,4-5H,3,6-8,14H2,1H3,(H,15,16). The van der Waals surface area contributed by atoms with Gasteiger partial charge in [0.15, 0.2) is 18.2 Å². The van der Waals surface area contributed by atoms with E-state index >= 15 is 0 Å². The quantitative estimate of drug-likeness (QED) is 0.562. The second kappa shape index (κ2) is 7.50. The van der Waals surface area contributed by atoms with Crippen LogP contribution in [0.15, 0.2) is 18.2 Å². The molecule has 100 valence electrons. The zero-order valence-corrected chi connectivity index (χ0v) is 10.2. The smallest absolute Gasteiger partial charge is 0.257 e. The Labute approximate surface area is 105 Å². The van der Waals surface area contributed by atoms with E-state index in [1.165, 1.54) is 18.2 Å². The number of halogens is 1. The molecule has 0 heterocycles. The van der Waals surface area contributed by atoms with Gasteiger partial charge in [0.05, 0.1) is 5.69 Å². The van der Waals surface area contributed by atoms with Gasteiger partial charge in [0.2, 0.25) is 0 Å². The Hall–Kier alpha value is -1.82. The van der Waals surface area contributed by atoms with Gasteiger partial charge in [-0.2, -0.15) is 0 Å². The van der Waals surface area contributed by atoms with Gasteiger partial charge in [-0.1, -0.05) is 6.07 Å². The number of ether oxygens (including phenoxy) is 2. The number of carbonyl (C=O) groups excluding carboxylic acids is 1. The van der Waals surface area contributed by atoms with Crippen LogP contribution in [0.25, 0.3) is 0 Å². The predicted molar refractivity (Wildman–Crippen MR) is 65.8 cm³/mol. The van der Waals surface area contributed by atoms with Crippen LogP contribution in [0.4, 0.5) is 10.1 Å². The summed E-state index contributed by atoms with van der Waals surface area (Å²) in [6.07, 6.45) is 0.712. The van der Waals surface area contributed by atoms with Gasteiger partial charge in [0.25, 0.3) is 5.91 Å². The topological polar surface area (TPSA) is 73.6 Å². The summed E-state index contributed by atoms with van der Waals surface area (Å²) in [5.74, 6) is -1.000. The highest BCUT2D eigenvalue weighted by atomic mass is 19.1. The molecule has 0 saturated carbocycles. The molecule has 1 aromatic carbocycles. The second-order valence-corrected chi connectivity index (χ2v) is 3.64. The lowest BCUT2D eigenvalue weighted by atomic mass is 10.3. The summed E-state index contributed by atoms with van der Waals surface area (Å²) in [7, 11) is 1.59. The van der Waals surface area contributed by atoms with E-state index in [9.17, 15) is 9.18 Å². The van der Waals surface area contributed by atoms with Crippen LogP contribution in [-0.2, 0) is 9.53 Å². The van der Waals surface area contributed by atoms with Gasteiger partial charge in [-0.25, -0.2) is 4.39 Å². The number of rotatable bonds is 7. The van der Waals surface area contributed by atoms with Crippen molar-refractivity contribution in [3.63, 3.8) is 0 Å². The molecule has 0 unspecified atom stereocenters. The number of para-hydroxylation sites is 1. The predicted octanol–water partition coefficient (Wildman–Crippen LogP) is 0.939. The fourth-order valence-electron chi connectivity index (χ4n) is 1.31. The van der Waals surface area contributed by atoms with E-state index in [4.69, 9.17) is 15.2 Å². The lowest BCUT2D eigenvalue weighted by Gasteiger charge is -2.09. The van der Waals surface area contributed by atoms with E-state index < -0.39 is 5.82 Å². The average Bonchev–Trinajstić information content (AvgIpc) is 2.34. The summed E-state index contributed by atoms with van der Waals surface area (Å²) in [6.45, 7) is 0.794. The maximum Gasteiger partial charge on any atom is 0.257 e. The number of nitrogens with one attached hydrogen (secondary N) is 1. The molecule has 0 aliphatic rings. The molecule has 0 saturated heterocycles. The van der Waals surface area contributed by atoms with Gasteiger partial charge < -0.3 is 20.5 Å². The van der Waals surface area contributed by atoms with Crippen LogP contribution >= 0.6 is 0 Å². The van der Waals surface area contributed by atoms with E-state index in [0.29, 0.717) is 19.6 Å². The van der Waals surface area contributed by atoms with Crippen molar-refractivity contribution in [1.82, 2.24) is 5.32 Å². The maximum absolute atomic E-state index is 13.3. The van der Waals surface area contributed by atoms with Crippen molar-refractivity contribution in [2.75, 3.05) is 32.6 Å². The van der Waals surface area contributed by atoms with Gasteiger partial charge >= 0.3 is 0 Å². The minimum Gasteiger partial charge on any atom is -0.479 e. The monoisotopic (exact) mass is 256 g/mol. The van der Waals surface area contributed by atoms with Gasteiger partial charge in [0.1, 0.15) is 0 Å². The number of hydrogen-bond acceptors (Lipinski definition) is 4. The summed E-state index contributed by atoms with van der Waals surface area (Å²) in [6, 6.07) is 4.21. The minimum absolute atomic E-state index is 0.0930.